The third-order valence-electron chi connectivity index (χ3n) is 2.57. The van der Waals surface area contributed by atoms with Crippen LogP contribution in [0.1, 0.15) is 33.1 Å². The molecule has 0 N–H and O–H groups in total. The molecule has 0 heterocycles. The van der Waals surface area contributed by atoms with Crippen LogP contribution in [-0.2, 0) is 19.1 Å². The Morgan fingerprint density at radius 3 is 1.94 bits per heavy atom. The van der Waals surface area contributed by atoms with E-state index >= 15 is 0 Å². The number of ether oxygens (including phenoxy) is 2. The first-order valence-corrected chi connectivity index (χ1v) is 6.11. The van der Waals surface area contributed by atoms with Crippen LogP contribution < -0.4 is 0 Å². The lowest BCUT2D eigenvalue weighted by atomic mass is 9.78. The molecule has 18 heavy (non-hydrogen) atoms. The summed E-state index contributed by atoms with van der Waals surface area (Å²) in [5.41, 5.74) is -0.939. The Kier molecular flexibility index (Phi) is 7.76. The van der Waals surface area contributed by atoms with Crippen molar-refractivity contribution >= 4 is 11.9 Å². The van der Waals surface area contributed by atoms with Crippen molar-refractivity contribution in [1.82, 2.24) is 0 Å². The minimum atomic E-state index is -0.939. The van der Waals surface area contributed by atoms with Gasteiger partial charge in [-0.1, -0.05) is 12.2 Å². The van der Waals surface area contributed by atoms with Gasteiger partial charge in [0, 0.05) is 0 Å². The molecule has 0 unspecified atom stereocenters. The predicted molar refractivity (Wildman–Crippen MR) is 69.9 cm³/mol. The van der Waals surface area contributed by atoms with Crippen molar-refractivity contribution in [3.05, 3.63) is 25.3 Å². The van der Waals surface area contributed by atoms with Crippen LogP contribution in [0.3, 0.4) is 0 Å². The van der Waals surface area contributed by atoms with E-state index in [-0.39, 0.29) is 13.0 Å². The van der Waals surface area contributed by atoms with Crippen LogP contribution in [0.2, 0.25) is 0 Å². The van der Waals surface area contributed by atoms with Gasteiger partial charge in [-0.05, 0) is 26.7 Å². The zero-order valence-corrected chi connectivity index (χ0v) is 11.2. The van der Waals surface area contributed by atoms with Gasteiger partial charge in [-0.2, -0.15) is 0 Å². The first-order valence-electron chi connectivity index (χ1n) is 6.11. The first-order chi connectivity index (χ1) is 8.56. The Balaban J connectivity index is 5.05. The van der Waals surface area contributed by atoms with Crippen LogP contribution in [0, 0.1) is 5.41 Å². The summed E-state index contributed by atoms with van der Waals surface area (Å²) in [7, 11) is 0. The molecular formula is C14H22O4. The fourth-order valence-corrected chi connectivity index (χ4v) is 1.79. The summed E-state index contributed by atoms with van der Waals surface area (Å²) in [5, 5.41) is 0. The predicted octanol–water partition coefficient (Wildman–Crippen LogP) is 2.64. The van der Waals surface area contributed by atoms with Crippen molar-refractivity contribution in [2.75, 3.05) is 13.2 Å². The zero-order chi connectivity index (χ0) is 14.0. The van der Waals surface area contributed by atoms with Crippen molar-refractivity contribution in [3.63, 3.8) is 0 Å². The Labute approximate surface area is 109 Å². The van der Waals surface area contributed by atoms with E-state index in [1.54, 1.807) is 26.0 Å². The first kappa shape index (κ1) is 16.4. The molecular weight excluding hydrogens is 232 g/mol. The summed E-state index contributed by atoms with van der Waals surface area (Å²) < 4.78 is 9.95. The lowest BCUT2D eigenvalue weighted by molar-refractivity contribution is -0.162. The highest BCUT2D eigenvalue weighted by Gasteiger charge is 2.40. The lowest BCUT2D eigenvalue weighted by Gasteiger charge is -2.28. The summed E-state index contributed by atoms with van der Waals surface area (Å²) in [6.07, 6.45) is 3.92. The van der Waals surface area contributed by atoms with Gasteiger partial charge in [-0.15, -0.1) is 13.2 Å². The highest BCUT2D eigenvalue weighted by molar-refractivity contribution is 5.84. The number of rotatable bonds is 9. The summed E-state index contributed by atoms with van der Waals surface area (Å²) >= 11 is 0. The van der Waals surface area contributed by atoms with Crippen LogP contribution in [0.5, 0.6) is 0 Å². The van der Waals surface area contributed by atoms with E-state index in [9.17, 15) is 9.59 Å². The maximum absolute atomic E-state index is 12.1. The van der Waals surface area contributed by atoms with E-state index in [0.717, 1.165) is 0 Å². The lowest BCUT2D eigenvalue weighted by Crippen LogP contribution is -2.35. The molecule has 0 aromatic rings. The zero-order valence-electron chi connectivity index (χ0n) is 11.2. The summed E-state index contributed by atoms with van der Waals surface area (Å²) in [5.74, 6) is -0.813. The molecule has 0 atom stereocenters. The van der Waals surface area contributed by atoms with Crippen molar-refractivity contribution in [2.45, 2.75) is 33.1 Å². The van der Waals surface area contributed by atoms with Gasteiger partial charge in [-0.25, -0.2) is 0 Å². The molecule has 0 saturated heterocycles. The topological polar surface area (TPSA) is 52.6 Å². The van der Waals surface area contributed by atoms with E-state index in [4.69, 9.17) is 9.47 Å². The van der Waals surface area contributed by atoms with E-state index in [1.807, 2.05) is 0 Å². The second-order valence-electron chi connectivity index (χ2n) is 3.97. The van der Waals surface area contributed by atoms with Gasteiger partial charge < -0.3 is 9.47 Å². The Morgan fingerprint density at radius 1 is 1.06 bits per heavy atom. The quantitative estimate of drug-likeness (QED) is 0.469. The molecule has 0 saturated carbocycles. The van der Waals surface area contributed by atoms with E-state index in [1.165, 1.54) is 0 Å². The van der Waals surface area contributed by atoms with Crippen LogP contribution in [0.25, 0.3) is 0 Å². The SMILES string of the molecule is C=CCC(CC=C)(CC(=O)OCC)C(=O)OCC. The molecule has 0 spiro atoms. The van der Waals surface area contributed by atoms with Gasteiger partial charge >= 0.3 is 11.9 Å². The Bertz CT molecular complexity index is 297. The van der Waals surface area contributed by atoms with Crippen LogP contribution in [0.15, 0.2) is 25.3 Å². The molecule has 4 nitrogen and oxygen atoms in total. The molecule has 4 heteroatoms. The van der Waals surface area contributed by atoms with Gasteiger partial charge in [0.1, 0.15) is 0 Å². The number of hydrogen-bond acceptors (Lipinski definition) is 4. The summed E-state index contributed by atoms with van der Waals surface area (Å²) in [6, 6.07) is 0. The van der Waals surface area contributed by atoms with Gasteiger partial charge in [0.15, 0.2) is 0 Å². The monoisotopic (exact) mass is 254 g/mol. The number of carbonyl (C=O) groups excluding carboxylic acids is 2. The minimum absolute atomic E-state index is 0.0162. The van der Waals surface area contributed by atoms with Gasteiger partial charge in [0.2, 0.25) is 0 Å². The number of hydrogen-bond donors (Lipinski definition) is 0. The Hall–Kier alpha value is -1.58. The molecule has 102 valence electrons. The van der Waals surface area contributed by atoms with Crippen molar-refractivity contribution < 1.29 is 19.1 Å². The highest BCUT2D eigenvalue weighted by atomic mass is 16.5. The van der Waals surface area contributed by atoms with E-state index < -0.39 is 17.4 Å². The highest BCUT2D eigenvalue weighted by Crippen LogP contribution is 2.34. The maximum atomic E-state index is 12.1. The van der Waals surface area contributed by atoms with Crippen molar-refractivity contribution in [2.24, 2.45) is 5.41 Å². The third-order valence-corrected chi connectivity index (χ3v) is 2.57. The third kappa shape index (κ3) is 4.73. The standard InChI is InChI=1S/C14H22O4/c1-5-9-14(10-6-2,13(16)18-8-4)11-12(15)17-7-3/h5-6H,1-2,7-11H2,3-4H3. The second kappa shape index (κ2) is 8.50. The van der Waals surface area contributed by atoms with Gasteiger partial charge in [0.25, 0.3) is 0 Å². The smallest absolute Gasteiger partial charge is 0.313 e. The average Bonchev–Trinajstić information content (AvgIpc) is 2.30. The van der Waals surface area contributed by atoms with E-state index in [0.29, 0.717) is 19.4 Å². The molecule has 0 rings (SSSR count). The minimum Gasteiger partial charge on any atom is -0.466 e. The molecule has 0 fully saturated rings. The summed E-state index contributed by atoms with van der Waals surface area (Å²) in [6.45, 7) is 11.3. The van der Waals surface area contributed by atoms with Crippen LogP contribution >= 0.6 is 0 Å². The van der Waals surface area contributed by atoms with Gasteiger partial charge in [0.05, 0.1) is 25.0 Å². The average molecular weight is 254 g/mol. The van der Waals surface area contributed by atoms with Crippen LogP contribution in [0.4, 0.5) is 0 Å². The largest absolute Gasteiger partial charge is 0.466 e. The molecule has 0 aromatic carbocycles. The van der Waals surface area contributed by atoms with Crippen molar-refractivity contribution in [3.8, 4) is 0 Å². The molecule has 0 aromatic heterocycles. The van der Waals surface area contributed by atoms with Gasteiger partial charge in [-0.3, -0.25) is 9.59 Å². The van der Waals surface area contributed by atoms with Crippen LogP contribution in [-0.4, -0.2) is 25.2 Å². The molecule has 0 amide bonds. The number of esters is 2. The molecule has 0 aliphatic heterocycles. The summed E-state index contributed by atoms with van der Waals surface area (Å²) in [4.78, 5) is 23.7. The fraction of sp³-hybridized carbons (Fsp3) is 0.571. The second-order valence-corrected chi connectivity index (χ2v) is 3.97. The normalized spacial score (nSPS) is 10.6. The fourth-order valence-electron chi connectivity index (χ4n) is 1.79. The number of carbonyl (C=O) groups is 2. The van der Waals surface area contributed by atoms with Crippen molar-refractivity contribution in [1.29, 1.82) is 0 Å². The molecule has 0 aliphatic rings. The van der Waals surface area contributed by atoms with E-state index in [2.05, 4.69) is 13.2 Å². The molecule has 0 aliphatic carbocycles. The number of allylic oxidation sites excluding steroid dienone is 2. The maximum Gasteiger partial charge on any atom is 0.313 e. The molecule has 0 radical (unpaired) electrons. The molecule has 0 bridgehead atoms. The Morgan fingerprint density at radius 2 is 1.56 bits per heavy atom.